The number of hydrogen-bond acceptors (Lipinski definition) is 3. The van der Waals surface area contributed by atoms with Crippen LogP contribution >= 0.6 is 23.4 Å². The van der Waals surface area contributed by atoms with Crippen LogP contribution in [0.25, 0.3) is 0 Å². The van der Waals surface area contributed by atoms with E-state index in [9.17, 15) is 18.4 Å². The smallest absolute Gasteiger partial charge is 0.288 e. The van der Waals surface area contributed by atoms with E-state index in [1.165, 1.54) is 41.3 Å². The summed E-state index contributed by atoms with van der Waals surface area (Å²) in [5.74, 6) is -3.19. The second-order valence-electron chi connectivity index (χ2n) is 5.25. The van der Waals surface area contributed by atoms with E-state index in [2.05, 4.69) is 5.32 Å². The molecule has 2 aromatic carbocycles. The molecule has 0 fully saturated rings. The first-order valence-electron chi connectivity index (χ1n) is 7.15. The molecule has 0 saturated heterocycles. The van der Waals surface area contributed by atoms with Crippen molar-refractivity contribution in [3.63, 3.8) is 0 Å². The molecule has 0 aliphatic rings. The number of alkyl halides is 2. The van der Waals surface area contributed by atoms with Gasteiger partial charge in [-0.25, -0.2) is 0 Å². The van der Waals surface area contributed by atoms with Crippen LogP contribution in [0.15, 0.2) is 47.4 Å². The van der Waals surface area contributed by atoms with Crippen LogP contribution in [-0.4, -0.2) is 36.6 Å². The Morgan fingerprint density at radius 3 is 2.24 bits per heavy atom. The summed E-state index contributed by atoms with van der Waals surface area (Å²) in [5.41, 5.74) is 0.970. The fraction of sp³-hybridized carbons (Fsp3) is 0.176. The van der Waals surface area contributed by atoms with Gasteiger partial charge >= 0.3 is 0 Å². The van der Waals surface area contributed by atoms with Gasteiger partial charge < -0.3 is 10.2 Å². The van der Waals surface area contributed by atoms with Crippen molar-refractivity contribution in [1.82, 2.24) is 4.90 Å². The molecule has 0 atom stereocenters. The molecule has 1 N–H and O–H groups in total. The monoisotopic (exact) mass is 384 g/mol. The van der Waals surface area contributed by atoms with Crippen LogP contribution < -0.4 is 5.32 Å². The van der Waals surface area contributed by atoms with Crippen LogP contribution in [0.1, 0.15) is 20.7 Å². The molecule has 132 valence electrons. The number of thioether (sulfide) groups is 1. The highest BCUT2D eigenvalue weighted by molar-refractivity contribution is 7.99. The van der Waals surface area contributed by atoms with Gasteiger partial charge in [0.15, 0.2) is 0 Å². The van der Waals surface area contributed by atoms with Crippen molar-refractivity contribution >= 4 is 40.9 Å². The topological polar surface area (TPSA) is 49.4 Å². The van der Waals surface area contributed by atoms with Gasteiger partial charge in [-0.3, -0.25) is 9.59 Å². The third-order valence-electron chi connectivity index (χ3n) is 3.21. The Bertz CT molecular complexity index is 783. The van der Waals surface area contributed by atoms with Crippen molar-refractivity contribution in [2.24, 2.45) is 0 Å². The van der Waals surface area contributed by atoms with Crippen LogP contribution in [0.4, 0.5) is 14.5 Å². The number of benzene rings is 2. The maximum atomic E-state index is 12.3. The maximum Gasteiger partial charge on any atom is 0.288 e. The number of rotatable bonds is 5. The van der Waals surface area contributed by atoms with Crippen LogP contribution in [0.3, 0.4) is 0 Å². The molecule has 2 aromatic rings. The van der Waals surface area contributed by atoms with Crippen LogP contribution in [-0.2, 0) is 0 Å². The summed E-state index contributed by atoms with van der Waals surface area (Å²) < 4.78 is 24.6. The number of halogens is 3. The summed E-state index contributed by atoms with van der Waals surface area (Å²) >= 11 is 6.47. The van der Waals surface area contributed by atoms with E-state index in [1.54, 1.807) is 20.2 Å². The van der Waals surface area contributed by atoms with Gasteiger partial charge in [-0.15, -0.1) is 0 Å². The van der Waals surface area contributed by atoms with Gasteiger partial charge in [0.25, 0.3) is 17.6 Å². The van der Waals surface area contributed by atoms with Crippen molar-refractivity contribution < 1.29 is 18.4 Å². The first kappa shape index (κ1) is 19.2. The molecule has 25 heavy (non-hydrogen) atoms. The zero-order chi connectivity index (χ0) is 18.6. The molecule has 2 amide bonds. The normalized spacial score (nSPS) is 10.6. The molecule has 0 aliphatic heterocycles. The number of amides is 2. The Kier molecular flexibility index (Phi) is 6.39. The molecule has 2 rings (SSSR count). The van der Waals surface area contributed by atoms with E-state index in [0.29, 0.717) is 33.5 Å². The van der Waals surface area contributed by atoms with Gasteiger partial charge in [0, 0.05) is 30.1 Å². The molecule has 0 bridgehead atoms. The molecule has 0 aliphatic carbocycles. The molecule has 0 aromatic heterocycles. The van der Waals surface area contributed by atoms with Crippen molar-refractivity contribution in [2.75, 3.05) is 19.4 Å². The Hall–Kier alpha value is -2.12. The highest BCUT2D eigenvalue weighted by Crippen LogP contribution is 2.26. The predicted octanol–water partition coefficient (Wildman–Crippen LogP) is 4.61. The lowest BCUT2D eigenvalue weighted by Gasteiger charge is -2.13. The second kappa shape index (κ2) is 8.31. The molecule has 0 unspecified atom stereocenters. The van der Waals surface area contributed by atoms with Crippen LogP contribution in [0, 0.1) is 0 Å². The van der Waals surface area contributed by atoms with Crippen molar-refractivity contribution in [2.45, 2.75) is 10.7 Å². The molecule has 0 radical (unpaired) electrons. The van der Waals surface area contributed by atoms with E-state index >= 15 is 0 Å². The first-order valence-corrected chi connectivity index (χ1v) is 8.41. The molecule has 8 heteroatoms. The molecule has 0 heterocycles. The molecule has 4 nitrogen and oxygen atoms in total. The average molecular weight is 385 g/mol. The van der Waals surface area contributed by atoms with Gasteiger partial charge in [-0.05, 0) is 42.5 Å². The van der Waals surface area contributed by atoms with Crippen LogP contribution in [0.2, 0.25) is 5.02 Å². The highest BCUT2D eigenvalue weighted by Gasteiger charge is 2.14. The molecular weight excluding hydrogens is 370 g/mol. The number of anilines is 1. The van der Waals surface area contributed by atoms with E-state index in [-0.39, 0.29) is 10.9 Å². The van der Waals surface area contributed by atoms with E-state index in [1.807, 2.05) is 0 Å². The molecule has 0 spiro atoms. The summed E-state index contributed by atoms with van der Waals surface area (Å²) in [6.45, 7) is 0. The summed E-state index contributed by atoms with van der Waals surface area (Å²) in [6.07, 6.45) is 0. The molecule has 0 saturated carbocycles. The number of carbonyl (C=O) groups is 2. The largest absolute Gasteiger partial charge is 0.345 e. The average Bonchev–Trinajstić information content (AvgIpc) is 2.56. The summed E-state index contributed by atoms with van der Waals surface area (Å²) in [6, 6.07) is 10.4. The minimum atomic E-state index is -2.52. The van der Waals surface area contributed by atoms with Crippen molar-refractivity contribution in [1.29, 1.82) is 0 Å². The Morgan fingerprint density at radius 1 is 1.08 bits per heavy atom. The fourth-order valence-corrected chi connectivity index (χ4v) is 2.66. The predicted molar refractivity (Wildman–Crippen MR) is 95.7 cm³/mol. The lowest BCUT2D eigenvalue weighted by Crippen LogP contribution is -2.22. The minimum absolute atomic E-state index is 0.222. The third kappa shape index (κ3) is 5.17. The van der Waals surface area contributed by atoms with Gasteiger partial charge in [-0.2, -0.15) is 8.78 Å². The van der Waals surface area contributed by atoms with Gasteiger partial charge in [-0.1, -0.05) is 23.4 Å². The van der Waals surface area contributed by atoms with Crippen molar-refractivity contribution in [3.8, 4) is 0 Å². The fourth-order valence-electron chi connectivity index (χ4n) is 1.99. The Balaban J connectivity index is 2.17. The summed E-state index contributed by atoms with van der Waals surface area (Å²) in [5, 5.41) is 2.91. The zero-order valence-electron chi connectivity index (χ0n) is 13.4. The molecular formula is C17H15ClF2N2O2S. The van der Waals surface area contributed by atoms with E-state index in [0.717, 1.165) is 0 Å². The minimum Gasteiger partial charge on any atom is -0.345 e. The standard InChI is InChI=1S/C17H15ClF2N2O2S/c1-22(2)16(24)11-5-8-13(18)14(9-11)21-15(23)10-3-6-12(7-4-10)25-17(19)20/h3-9,17H,1-2H3,(H,21,23). The quantitative estimate of drug-likeness (QED) is 0.766. The third-order valence-corrected chi connectivity index (χ3v) is 4.26. The van der Waals surface area contributed by atoms with Gasteiger partial charge in [0.2, 0.25) is 0 Å². The van der Waals surface area contributed by atoms with E-state index < -0.39 is 11.7 Å². The summed E-state index contributed by atoms with van der Waals surface area (Å²) in [7, 11) is 3.24. The zero-order valence-corrected chi connectivity index (χ0v) is 15.0. The lowest BCUT2D eigenvalue weighted by atomic mass is 10.1. The van der Waals surface area contributed by atoms with Gasteiger partial charge in [0.05, 0.1) is 10.7 Å². The number of nitrogens with one attached hydrogen (secondary N) is 1. The van der Waals surface area contributed by atoms with Crippen molar-refractivity contribution in [3.05, 3.63) is 58.6 Å². The number of carbonyl (C=O) groups excluding carboxylic acids is 2. The van der Waals surface area contributed by atoms with Gasteiger partial charge in [0.1, 0.15) is 0 Å². The first-order chi connectivity index (χ1) is 11.8. The summed E-state index contributed by atoms with van der Waals surface area (Å²) in [4.78, 5) is 26.1. The highest BCUT2D eigenvalue weighted by atomic mass is 35.5. The number of hydrogen-bond donors (Lipinski definition) is 1. The number of nitrogens with zero attached hydrogens (tertiary/aromatic N) is 1. The van der Waals surface area contributed by atoms with E-state index in [4.69, 9.17) is 11.6 Å². The SMILES string of the molecule is CN(C)C(=O)c1ccc(Cl)c(NC(=O)c2ccc(SC(F)F)cc2)c1. The lowest BCUT2D eigenvalue weighted by molar-refractivity contribution is 0.0827. The Morgan fingerprint density at radius 2 is 1.68 bits per heavy atom. The second-order valence-corrected chi connectivity index (χ2v) is 6.72. The van der Waals surface area contributed by atoms with Crippen LogP contribution in [0.5, 0.6) is 0 Å². The Labute approximate surface area is 153 Å². The maximum absolute atomic E-state index is 12.3.